The highest BCUT2D eigenvalue weighted by atomic mass is 19.1. The van der Waals surface area contributed by atoms with Gasteiger partial charge >= 0.3 is 0 Å². The zero-order valence-electron chi connectivity index (χ0n) is 10.1. The van der Waals surface area contributed by atoms with Gasteiger partial charge in [0, 0.05) is 6.20 Å². The third-order valence-corrected chi connectivity index (χ3v) is 2.49. The van der Waals surface area contributed by atoms with Crippen molar-refractivity contribution >= 4 is 5.91 Å². The summed E-state index contributed by atoms with van der Waals surface area (Å²) in [6.07, 6.45) is 3.57. The van der Waals surface area contributed by atoms with E-state index in [1.165, 1.54) is 17.7 Å². The maximum absolute atomic E-state index is 13.3. The summed E-state index contributed by atoms with van der Waals surface area (Å²) in [4.78, 5) is 11.6. The summed E-state index contributed by atoms with van der Waals surface area (Å²) in [5.74, 6) is -1.01. The zero-order valence-corrected chi connectivity index (χ0v) is 10.1. The van der Waals surface area contributed by atoms with Crippen molar-refractivity contribution < 1.29 is 9.18 Å². The molecule has 1 aromatic rings. The Balaban J connectivity index is 2.57. The molecule has 1 rings (SSSR count). The maximum Gasteiger partial charge on any atom is 0.272 e. The fraction of sp³-hybridized carbons (Fsp3) is 0.308. The number of rotatable bonds is 5. The lowest BCUT2D eigenvalue weighted by Crippen LogP contribution is -2.34. The van der Waals surface area contributed by atoms with Gasteiger partial charge in [0.05, 0.1) is 5.56 Å². The van der Waals surface area contributed by atoms with E-state index < -0.39 is 11.7 Å². The number of nitrogens with one attached hydrogen (secondary N) is 2. The first-order chi connectivity index (χ1) is 8.19. The van der Waals surface area contributed by atoms with E-state index in [1.54, 1.807) is 18.3 Å². The van der Waals surface area contributed by atoms with Crippen molar-refractivity contribution in [2.75, 3.05) is 0 Å². The van der Waals surface area contributed by atoms with Crippen molar-refractivity contribution in [3.63, 3.8) is 0 Å². The summed E-state index contributed by atoms with van der Waals surface area (Å²) in [7, 11) is 0. The second kappa shape index (κ2) is 6.68. The van der Waals surface area contributed by atoms with E-state index in [9.17, 15) is 9.18 Å². The molecule has 4 heteroatoms. The van der Waals surface area contributed by atoms with Crippen molar-refractivity contribution in [1.29, 1.82) is 0 Å². The lowest BCUT2D eigenvalue weighted by atomic mass is 10.2. The highest BCUT2D eigenvalue weighted by molar-refractivity contribution is 5.94. The van der Waals surface area contributed by atoms with Crippen LogP contribution in [0.2, 0.25) is 0 Å². The minimum Gasteiger partial charge on any atom is -0.306 e. The first kappa shape index (κ1) is 13.2. The fourth-order valence-corrected chi connectivity index (χ4v) is 1.37. The molecule has 0 spiro atoms. The van der Waals surface area contributed by atoms with Gasteiger partial charge in [-0.05, 0) is 25.0 Å². The van der Waals surface area contributed by atoms with Gasteiger partial charge in [0.2, 0.25) is 0 Å². The molecule has 0 unspecified atom stereocenters. The van der Waals surface area contributed by atoms with Gasteiger partial charge in [-0.25, -0.2) is 4.39 Å². The molecule has 2 N–H and O–H groups in total. The number of amides is 1. The van der Waals surface area contributed by atoms with Gasteiger partial charge in [-0.1, -0.05) is 31.6 Å². The van der Waals surface area contributed by atoms with Gasteiger partial charge in [-0.3, -0.25) is 10.2 Å². The number of carbonyl (C=O) groups is 1. The Labute approximate surface area is 101 Å². The average molecular weight is 236 g/mol. The predicted molar refractivity (Wildman–Crippen MR) is 65.7 cm³/mol. The molecular weight excluding hydrogens is 219 g/mol. The molecule has 0 aliphatic heterocycles. The zero-order chi connectivity index (χ0) is 12.7. The number of hydrogen-bond donors (Lipinski definition) is 2. The summed E-state index contributed by atoms with van der Waals surface area (Å²) in [5.41, 5.74) is 6.33. The molecular formula is C13H17FN2O. The first-order valence-electron chi connectivity index (χ1n) is 5.67. The highest BCUT2D eigenvalue weighted by Gasteiger charge is 2.08. The average Bonchev–Trinajstić information content (AvgIpc) is 2.35. The third-order valence-electron chi connectivity index (χ3n) is 2.49. The van der Waals surface area contributed by atoms with E-state index in [2.05, 4.69) is 10.9 Å². The summed E-state index contributed by atoms with van der Waals surface area (Å²) in [6, 6.07) is 5.87. The molecule has 92 valence electrons. The Kier molecular flexibility index (Phi) is 5.20. The van der Waals surface area contributed by atoms with Gasteiger partial charge in [0.1, 0.15) is 5.82 Å². The number of allylic oxidation sites excluding steroid dienone is 1. The van der Waals surface area contributed by atoms with Crippen LogP contribution in [0.3, 0.4) is 0 Å². The predicted octanol–water partition coefficient (Wildman–Crippen LogP) is 2.76. The molecule has 0 aliphatic carbocycles. The second-order valence-corrected chi connectivity index (χ2v) is 3.59. The standard InChI is InChI=1S/C13H17FN2O/c1-3-10(4-2)9-15-16-13(17)11-7-5-6-8-12(11)14/h5-9,15H,3-4H2,1-2H3,(H,16,17). The Morgan fingerprint density at radius 2 is 1.94 bits per heavy atom. The number of hydrazine groups is 1. The number of hydrogen-bond acceptors (Lipinski definition) is 2. The Morgan fingerprint density at radius 3 is 2.53 bits per heavy atom. The Bertz CT molecular complexity index is 410. The molecule has 1 amide bonds. The Hall–Kier alpha value is -1.84. The molecule has 0 saturated carbocycles. The fourth-order valence-electron chi connectivity index (χ4n) is 1.37. The number of carbonyl (C=O) groups excluding carboxylic acids is 1. The van der Waals surface area contributed by atoms with Crippen LogP contribution in [0.5, 0.6) is 0 Å². The van der Waals surface area contributed by atoms with Crippen LogP contribution >= 0.6 is 0 Å². The van der Waals surface area contributed by atoms with Gasteiger partial charge < -0.3 is 5.43 Å². The van der Waals surface area contributed by atoms with Gasteiger partial charge in [0.15, 0.2) is 0 Å². The lowest BCUT2D eigenvalue weighted by molar-refractivity contribution is 0.0937. The van der Waals surface area contributed by atoms with Crippen LogP contribution in [0.15, 0.2) is 36.0 Å². The number of halogens is 1. The molecule has 0 aliphatic rings. The van der Waals surface area contributed by atoms with Crippen LogP contribution in [0.1, 0.15) is 37.0 Å². The molecule has 0 saturated heterocycles. The van der Waals surface area contributed by atoms with Crippen molar-refractivity contribution in [2.24, 2.45) is 0 Å². The summed E-state index contributed by atoms with van der Waals surface area (Å²) in [5, 5.41) is 0. The van der Waals surface area contributed by atoms with E-state index >= 15 is 0 Å². The van der Waals surface area contributed by atoms with Crippen molar-refractivity contribution in [3.8, 4) is 0 Å². The molecule has 17 heavy (non-hydrogen) atoms. The first-order valence-corrected chi connectivity index (χ1v) is 5.67. The van der Waals surface area contributed by atoms with Crippen LogP contribution in [-0.2, 0) is 0 Å². The van der Waals surface area contributed by atoms with E-state index in [0.717, 1.165) is 12.8 Å². The van der Waals surface area contributed by atoms with Crippen molar-refractivity contribution in [1.82, 2.24) is 10.9 Å². The van der Waals surface area contributed by atoms with Crippen LogP contribution in [0.25, 0.3) is 0 Å². The summed E-state index contributed by atoms with van der Waals surface area (Å²) >= 11 is 0. The summed E-state index contributed by atoms with van der Waals surface area (Å²) < 4.78 is 13.3. The topological polar surface area (TPSA) is 41.1 Å². The van der Waals surface area contributed by atoms with E-state index in [1.807, 2.05) is 13.8 Å². The molecule has 0 heterocycles. The van der Waals surface area contributed by atoms with E-state index in [0.29, 0.717) is 0 Å². The minimum atomic E-state index is -0.526. The van der Waals surface area contributed by atoms with Crippen LogP contribution in [0, 0.1) is 5.82 Å². The number of benzene rings is 1. The van der Waals surface area contributed by atoms with Crippen LogP contribution < -0.4 is 10.9 Å². The SMILES string of the molecule is CCC(=CNNC(=O)c1ccccc1F)CC. The van der Waals surface area contributed by atoms with Gasteiger partial charge in [-0.15, -0.1) is 0 Å². The van der Waals surface area contributed by atoms with Gasteiger partial charge in [0.25, 0.3) is 5.91 Å². The molecule has 3 nitrogen and oxygen atoms in total. The minimum absolute atomic E-state index is 0.0305. The molecule has 1 aromatic carbocycles. The van der Waals surface area contributed by atoms with Crippen molar-refractivity contribution in [3.05, 3.63) is 47.4 Å². The molecule has 0 radical (unpaired) electrons. The molecule has 0 atom stereocenters. The molecule has 0 aromatic heterocycles. The molecule has 0 bridgehead atoms. The second-order valence-electron chi connectivity index (χ2n) is 3.59. The van der Waals surface area contributed by atoms with Crippen molar-refractivity contribution in [2.45, 2.75) is 26.7 Å². The summed E-state index contributed by atoms with van der Waals surface area (Å²) in [6.45, 7) is 4.07. The van der Waals surface area contributed by atoms with Gasteiger partial charge in [-0.2, -0.15) is 0 Å². The highest BCUT2D eigenvalue weighted by Crippen LogP contribution is 2.05. The normalized spacial score (nSPS) is 9.59. The van der Waals surface area contributed by atoms with E-state index in [4.69, 9.17) is 0 Å². The maximum atomic E-state index is 13.3. The van der Waals surface area contributed by atoms with Crippen LogP contribution in [-0.4, -0.2) is 5.91 Å². The molecule has 0 fully saturated rings. The van der Waals surface area contributed by atoms with Crippen LogP contribution in [0.4, 0.5) is 4.39 Å². The smallest absolute Gasteiger partial charge is 0.272 e. The third kappa shape index (κ3) is 3.90. The monoisotopic (exact) mass is 236 g/mol. The quantitative estimate of drug-likeness (QED) is 0.772. The lowest BCUT2D eigenvalue weighted by Gasteiger charge is -2.07. The Morgan fingerprint density at radius 1 is 1.29 bits per heavy atom. The largest absolute Gasteiger partial charge is 0.306 e. The van der Waals surface area contributed by atoms with E-state index in [-0.39, 0.29) is 5.56 Å².